The zero-order chi connectivity index (χ0) is 22.7. The lowest BCUT2D eigenvalue weighted by Crippen LogP contribution is -2.30. The lowest BCUT2D eigenvalue weighted by molar-refractivity contribution is -0.113. The molecule has 3 aromatic rings. The monoisotopic (exact) mass is 446 g/mol. The van der Waals surface area contributed by atoms with Gasteiger partial charge in [0.2, 0.25) is 11.8 Å². The molecule has 32 heavy (non-hydrogen) atoms. The van der Waals surface area contributed by atoms with Crippen molar-refractivity contribution >= 4 is 34.6 Å². The molecule has 0 fully saturated rings. The fourth-order valence-corrected chi connectivity index (χ4v) is 4.12. The second kappa shape index (κ2) is 9.53. The SMILES string of the molecule is CCc1nnc(CSC2=N/C(=C\c3ccc(C(C)C)cc3)C(=O)N2c2ccc(C)cc2)o1. The van der Waals surface area contributed by atoms with E-state index in [4.69, 9.17) is 4.42 Å². The maximum Gasteiger partial charge on any atom is 0.283 e. The Balaban J connectivity index is 1.63. The molecule has 4 rings (SSSR count). The molecule has 6 nitrogen and oxygen atoms in total. The number of carbonyl (C=O) groups is 1. The van der Waals surface area contributed by atoms with E-state index in [-0.39, 0.29) is 5.91 Å². The largest absolute Gasteiger partial charge is 0.424 e. The van der Waals surface area contributed by atoms with Gasteiger partial charge in [-0.05, 0) is 42.2 Å². The fourth-order valence-electron chi connectivity index (χ4n) is 3.27. The van der Waals surface area contributed by atoms with Crippen LogP contribution in [0.1, 0.15) is 55.2 Å². The number of aliphatic imine (C=N–C) groups is 1. The number of amides is 1. The summed E-state index contributed by atoms with van der Waals surface area (Å²) in [6.45, 7) is 8.31. The highest BCUT2D eigenvalue weighted by Gasteiger charge is 2.32. The van der Waals surface area contributed by atoms with Gasteiger partial charge in [-0.15, -0.1) is 10.2 Å². The molecule has 7 heteroatoms. The van der Waals surface area contributed by atoms with Gasteiger partial charge in [0.15, 0.2) is 5.17 Å². The number of anilines is 1. The Labute approximate surface area is 192 Å². The van der Waals surface area contributed by atoms with E-state index in [1.807, 2.05) is 56.3 Å². The highest BCUT2D eigenvalue weighted by atomic mass is 32.2. The minimum absolute atomic E-state index is 0.149. The molecule has 164 valence electrons. The number of aryl methyl sites for hydroxylation is 2. The van der Waals surface area contributed by atoms with Crippen LogP contribution in [-0.2, 0) is 17.0 Å². The van der Waals surface area contributed by atoms with Crippen molar-refractivity contribution < 1.29 is 9.21 Å². The normalized spacial score (nSPS) is 15.2. The van der Waals surface area contributed by atoms with Gasteiger partial charge < -0.3 is 4.42 Å². The molecule has 0 spiro atoms. The van der Waals surface area contributed by atoms with Crippen molar-refractivity contribution in [3.63, 3.8) is 0 Å². The topological polar surface area (TPSA) is 71.6 Å². The third-order valence-corrected chi connectivity index (χ3v) is 6.09. The summed E-state index contributed by atoms with van der Waals surface area (Å²) in [6, 6.07) is 16.1. The molecule has 0 atom stereocenters. The lowest BCUT2D eigenvalue weighted by Gasteiger charge is -2.17. The van der Waals surface area contributed by atoms with Crippen molar-refractivity contribution in [1.82, 2.24) is 10.2 Å². The first-order chi connectivity index (χ1) is 15.4. The van der Waals surface area contributed by atoms with E-state index in [1.54, 1.807) is 4.90 Å². The summed E-state index contributed by atoms with van der Waals surface area (Å²) in [7, 11) is 0. The first-order valence-corrected chi connectivity index (χ1v) is 11.7. The molecule has 0 radical (unpaired) electrons. The minimum Gasteiger partial charge on any atom is -0.424 e. The standard InChI is InChI=1S/C25H26N4O2S/c1-5-22-27-28-23(31-22)15-32-25-26-21(14-18-8-10-19(11-9-18)16(2)3)24(30)29(25)20-12-6-17(4)7-13-20/h6-14,16H,5,15H2,1-4H3/b21-14-. The van der Waals surface area contributed by atoms with Crippen molar-refractivity contribution in [2.24, 2.45) is 4.99 Å². The molecule has 2 aromatic carbocycles. The Bertz CT molecular complexity index is 1160. The molecule has 1 aromatic heterocycles. The van der Waals surface area contributed by atoms with Crippen LogP contribution in [0.15, 0.2) is 63.6 Å². The summed E-state index contributed by atoms with van der Waals surface area (Å²) in [5.74, 6) is 1.88. The average molecular weight is 447 g/mol. The van der Waals surface area contributed by atoms with Crippen LogP contribution < -0.4 is 4.90 Å². The van der Waals surface area contributed by atoms with Crippen molar-refractivity contribution in [3.8, 4) is 0 Å². The number of hydrogen-bond donors (Lipinski definition) is 0. The number of rotatable bonds is 6. The quantitative estimate of drug-likeness (QED) is 0.452. The van der Waals surface area contributed by atoms with E-state index in [1.165, 1.54) is 17.3 Å². The van der Waals surface area contributed by atoms with Crippen molar-refractivity contribution in [2.75, 3.05) is 4.90 Å². The Morgan fingerprint density at radius 3 is 2.34 bits per heavy atom. The number of thioether (sulfide) groups is 1. The maximum absolute atomic E-state index is 13.3. The first-order valence-electron chi connectivity index (χ1n) is 10.7. The third kappa shape index (κ3) is 4.83. The third-order valence-electron chi connectivity index (χ3n) is 5.16. The Morgan fingerprint density at radius 1 is 1.03 bits per heavy atom. The second-order valence-electron chi connectivity index (χ2n) is 7.95. The van der Waals surface area contributed by atoms with Crippen molar-refractivity contribution in [1.29, 1.82) is 0 Å². The van der Waals surface area contributed by atoms with Crippen LogP contribution in [0.5, 0.6) is 0 Å². The maximum atomic E-state index is 13.3. The van der Waals surface area contributed by atoms with Gasteiger partial charge in [0.1, 0.15) is 5.70 Å². The van der Waals surface area contributed by atoms with Crippen LogP contribution in [0.2, 0.25) is 0 Å². The molecule has 0 saturated heterocycles. The average Bonchev–Trinajstić information content (AvgIpc) is 3.38. The highest BCUT2D eigenvalue weighted by molar-refractivity contribution is 8.13. The number of benzene rings is 2. The highest BCUT2D eigenvalue weighted by Crippen LogP contribution is 2.31. The summed E-state index contributed by atoms with van der Waals surface area (Å²) in [5, 5.41) is 8.68. The molecular formula is C25H26N4O2S. The predicted octanol–water partition coefficient (Wildman–Crippen LogP) is 5.74. The Morgan fingerprint density at radius 2 is 1.72 bits per heavy atom. The summed E-state index contributed by atoms with van der Waals surface area (Å²) < 4.78 is 5.61. The predicted molar refractivity (Wildman–Crippen MR) is 130 cm³/mol. The van der Waals surface area contributed by atoms with Crippen LogP contribution in [0, 0.1) is 6.92 Å². The fraction of sp³-hybridized carbons (Fsp3) is 0.280. The van der Waals surface area contributed by atoms with Gasteiger partial charge in [0.05, 0.1) is 11.4 Å². The van der Waals surface area contributed by atoms with E-state index in [2.05, 4.69) is 41.2 Å². The summed E-state index contributed by atoms with van der Waals surface area (Å²) in [6.07, 6.45) is 2.53. The number of amidine groups is 1. The van der Waals surface area contributed by atoms with Crippen LogP contribution in [-0.4, -0.2) is 21.3 Å². The smallest absolute Gasteiger partial charge is 0.283 e. The van der Waals surface area contributed by atoms with Crippen LogP contribution in [0.3, 0.4) is 0 Å². The molecule has 0 aliphatic carbocycles. The van der Waals surface area contributed by atoms with Crippen molar-refractivity contribution in [3.05, 3.63) is 82.7 Å². The van der Waals surface area contributed by atoms with Crippen LogP contribution in [0.4, 0.5) is 5.69 Å². The van der Waals surface area contributed by atoms with Gasteiger partial charge in [-0.3, -0.25) is 9.69 Å². The van der Waals surface area contributed by atoms with Gasteiger partial charge in [0.25, 0.3) is 5.91 Å². The zero-order valence-electron chi connectivity index (χ0n) is 18.7. The number of carbonyl (C=O) groups excluding carboxylic acids is 1. The molecule has 0 N–H and O–H groups in total. The number of nitrogens with zero attached hydrogens (tertiary/aromatic N) is 4. The van der Waals surface area contributed by atoms with Gasteiger partial charge in [0, 0.05) is 6.42 Å². The van der Waals surface area contributed by atoms with Gasteiger partial charge in [-0.1, -0.05) is 74.5 Å². The van der Waals surface area contributed by atoms with Gasteiger partial charge in [-0.25, -0.2) is 4.99 Å². The minimum atomic E-state index is -0.149. The number of aromatic nitrogens is 2. The van der Waals surface area contributed by atoms with Gasteiger partial charge >= 0.3 is 0 Å². The molecule has 2 heterocycles. The molecule has 1 aliphatic heterocycles. The molecule has 1 aliphatic rings. The number of hydrogen-bond acceptors (Lipinski definition) is 6. The molecule has 0 unspecified atom stereocenters. The van der Waals surface area contributed by atoms with E-state index in [9.17, 15) is 4.79 Å². The molecule has 1 amide bonds. The summed E-state index contributed by atoms with van der Waals surface area (Å²) in [5.41, 5.74) is 4.53. The zero-order valence-corrected chi connectivity index (χ0v) is 19.5. The van der Waals surface area contributed by atoms with E-state index in [0.29, 0.717) is 40.7 Å². The van der Waals surface area contributed by atoms with Crippen LogP contribution in [0.25, 0.3) is 6.08 Å². The van der Waals surface area contributed by atoms with Gasteiger partial charge in [-0.2, -0.15) is 0 Å². The molecular weight excluding hydrogens is 420 g/mol. The summed E-state index contributed by atoms with van der Waals surface area (Å²) in [4.78, 5) is 19.6. The Kier molecular flexibility index (Phi) is 6.55. The van der Waals surface area contributed by atoms with E-state index < -0.39 is 0 Å². The lowest BCUT2D eigenvalue weighted by atomic mass is 10.0. The molecule has 0 saturated carbocycles. The van der Waals surface area contributed by atoms with Crippen LogP contribution >= 0.6 is 11.8 Å². The first kappa shape index (κ1) is 22.0. The Hall–Kier alpha value is -3.19. The summed E-state index contributed by atoms with van der Waals surface area (Å²) >= 11 is 1.41. The van der Waals surface area contributed by atoms with Crippen molar-refractivity contribution in [2.45, 2.75) is 45.8 Å². The van der Waals surface area contributed by atoms with E-state index >= 15 is 0 Å². The second-order valence-corrected chi connectivity index (χ2v) is 8.90. The molecule has 0 bridgehead atoms. The van der Waals surface area contributed by atoms with E-state index in [0.717, 1.165) is 16.8 Å².